The zero-order chi connectivity index (χ0) is 19.0. The average Bonchev–Trinajstić information content (AvgIpc) is 3.25. The van der Waals surface area contributed by atoms with Crippen LogP contribution in [-0.4, -0.2) is 28.1 Å². The van der Waals surface area contributed by atoms with Crippen LogP contribution in [0.25, 0.3) is 11.4 Å². The van der Waals surface area contributed by atoms with Gasteiger partial charge in [0, 0.05) is 36.3 Å². The zero-order valence-electron chi connectivity index (χ0n) is 14.1. The number of fused-ring (bicyclic) bond motifs is 1. The van der Waals surface area contributed by atoms with Crippen molar-refractivity contribution in [1.82, 2.24) is 14.8 Å². The molecule has 1 aliphatic rings. The maximum Gasteiger partial charge on any atom is 0.269 e. The van der Waals surface area contributed by atoms with Gasteiger partial charge >= 0.3 is 0 Å². The van der Waals surface area contributed by atoms with Crippen LogP contribution >= 0.6 is 0 Å². The second-order valence-electron chi connectivity index (χ2n) is 6.13. The molecule has 1 N–H and O–H groups in total. The molecule has 1 aromatic heterocycles. The van der Waals surface area contributed by atoms with Crippen molar-refractivity contribution in [3.05, 3.63) is 64.5 Å². The summed E-state index contributed by atoms with van der Waals surface area (Å²) in [6.45, 7) is 0.844. The molecule has 2 heterocycles. The number of non-ortho nitro benzene ring substituents is 1. The van der Waals surface area contributed by atoms with Crippen molar-refractivity contribution in [1.29, 1.82) is 0 Å². The number of rotatable bonds is 5. The molecule has 138 valence electrons. The van der Waals surface area contributed by atoms with Gasteiger partial charge in [0.2, 0.25) is 0 Å². The van der Waals surface area contributed by atoms with E-state index in [-0.39, 0.29) is 10.6 Å². The first-order valence-corrected chi connectivity index (χ1v) is 9.72. The fraction of sp³-hybridized carbons (Fsp3) is 0.176. The van der Waals surface area contributed by atoms with Gasteiger partial charge in [-0.15, -0.1) is 10.2 Å². The van der Waals surface area contributed by atoms with Crippen molar-refractivity contribution in [2.45, 2.75) is 24.3 Å². The van der Waals surface area contributed by atoms with Gasteiger partial charge in [-0.3, -0.25) is 14.8 Å². The Labute approximate surface area is 154 Å². The van der Waals surface area contributed by atoms with Crippen molar-refractivity contribution < 1.29 is 13.3 Å². The molecular weight excluding hydrogens is 370 g/mol. The first-order valence-electron chi connectivity index (χ1n) is 8.24. The number of benzene rings is 2. The quantitative estimate of drug-likeness (QED) is 0.532. The lowest BCUT2D eigenvalue weighted by Gasteiger charge is -2.10. The number of nitro benzene ring substituents is 1. The summed E-state index contributed by atoms with van der Waals surface area (Å²) in [5.41, 5.74) is 0.970. The second kappa shape index (κ2) is 6.47. The largest absolute Gasteiger partial charge is 0.311 e. The van der Waals surface area contributed by atoms with Crippen LogP contribution in [0, 0.1) is 10.1 Å². The van der Waals surface area contributed by atoms with Gasteiger partial charge in [0.25, 0.3) is 15.7 Å². The number of nitrogens with one attached hydrogen (secondary N) is 1. The third kappa shape index (κ3) is 3.26. The maximum absolute atomic E-state index is 12.6. The molecule has 4 rings (SSSR count). The van der Waals surface area contributed by atoms with Gasteiger partial charge in [-0.1, -0.05) is 12.1 Å². The Kier molecular flexibility index (Phi) is 4.11. The lowest BCUT2D eigenvalue weighted by atomic mass is 10.2. The third-order valence-electron chi connectivity index (χ3n) is 4.34. The highest BCUT2D eigenvalue weighted by Crippen LogP contribution is 2.26. The van der Waals surface area contributed by atoms with Crippen LogP contribution in [-0.2, 0) is 23.0 Å². The van der Waals surface area contributed by atoms with Crippen LogP contribution in [0.15, 0.2) is 53.4 Å². The Hall–Kier alpha value is -3.27. The molecule has 0 saturated carbocycles. The summed E-state index contributed by atoms with van der Waals surface area (Å²) in [4.78, 5) is 10.1. The van der Waals surface area contributed by atoms with Crippen molar-refractivity contribution in [3.63, 3.8) is 0 Å². The van der Waals surface area contributed by atoms with Gasteiger partial charge in [0.15, 0.2) is 5.82 Å². The Morgan fingerprint density at radius 1 is 1.11 bits per heavy atom. The smallest absolute Gasteiger partial charge is 0.269 e. The Balaban J connectivity index is 1.61. The summed E-state index contributed by atoms with van der Waals surface area (Å²) >= 11 is 0. The Morgan fingerprint density at radius 2 is 1.89 bits per heavy atom. The second-order valence-corrected chi connectivity index (χ2v) is 7.81. The highest BCUT2D eigenvalue weighted by Gasteiger charge is 2.20. The lowest BCUT2D eigenvalue weighted by molar-refractivity contribution is -0.384. The van der Waals surface area contributed by atoms with E-state index in [0.717, 1.165) is 42.9 Å². The van der Waals surface area contributed by atoms with E-state index in [0.29, 0.717) is 11.5 Å². The highest BCUT2D eigenvalue weighted by molar-refractivity contribution is 7.92. The highest BCUT2D eigenvalue weighted by atomic mass is 32.2. The molecule has 0 fully saturated rings. The fourth-order valence-corrected chi connectivity index (χ4v) is 4.10. The molecule has 0 aliphatic carbocycles. The van der Waals surface area contributed by atoms with E-state index < -0.39 is 14.9 Å². The number of anilines is 1. The topological polar surface area (TPSA) is 120 Å². The zero-order valence-corrected chi connectivity index (χ0v) is 14.9. The number of nitrogens with zero attached hydrogens (tertiary/aromatic N) is 4. The first-order chi connectivity index (χ1) is 12.9. The van der Waals surface area contributed by atoms with E-state index in [9.17, 15) is 18.5 Å². The fourth-order valence-electron chi connectivity index (χ4n) is 3.05. The molecule has 0 atom stereocenters. The van der Waals surface area contributed by atoms with E-state index in [4.69, 9.17) is 0 Å². The van der Waals surface area contributed by atoms with E-state index in [1.54, 1.807) is 18.2 Å². The maximum atomic E-state index is 12.6. The molecule has 9 nitrogen and oxygen atoms in total. The summed E-state index contributed by atoms with van der Waals surface area (Å²) in [7, 11) is -3.87. The molecule has 0 saturated heterocycles. The van der Waals surface area contributed by atoms with Gasteiger partial charge in [-0.25, -0.2) is 8.42 Å². The predicted octanol–water partition coefficient (Wildman–Crippen LogP) is 2.60. The molecule has 0 amide bonds. The standard InChI is InChI=1S/C17H15N5O4S/c23-22(24)14-6-8-15(9-7-14)27(25,26)20-13-4-1-3-12(11-13)17-19-18-16-5-2-10-21(16)17/h1,3-4,6-9,11,20H,2,5,10H2. The summed E-state index contributed by atoms with van der Waals surface area (Å²) in [6.07, 6.45) is 1.91. The molecule has 3 aromatic rings. The van der Waals surface area contributed by atoms with Gasteiger partial charge in [-0.05, 0) is 30.7 Å². The SMILES string of the molecule is O=[N+]([O-])c1ccc(S(=O)(=O)Nc2cccc(-c3nnc4n3CCC4)c2)cc1. The molecule has 2 aromatic carbocycles. The van der Waals surface area contributed by atoms with Crippen molar-refractivity contribution in [3.8, 4) is 11.4 Å². The van der Waals surface area contributed by atoms with Crippen LogP contribution in [0.2, 0.25) is 0 Å². The summed E-state index contributed by atoms with van der Waals surface area (Å²) < 4.78 is 29.6. The van der Waals surface area contributed by atoms with Gasteiger partial charge < -0.3 is 4.57 Å². The van der Waals surface area contributed by atoms with E-state index in [1.165, 1.54) is 12.1 Å². The Morgan fingerprint density at radius 3 is 2.63 bits per heavy atom. The normalized spacial score (nSPS) is 13.3. The molecule has 0 spiro atoms. The van der Waals surface area contributed by atoms with Crippen LogP contribution < -0.4 is 4.72 Å². The number of aromatic nitrogens is 3. The van der Waals surface area contributed by atoms with Gasteiger partial charge in [0.05, 0.1) is 9.82 Å². The van der Waals surface area contributed by atoms with Gasteiger partial charge in [0.1, 0.15) is 5.82 Å². The minimum absolute atomic E-state index is 0.0538. The number of aryl methyl sites for hydroxylation is 1. The lowest BCUT2D eigenvalue weighted by Crippen LogP contribution is -2.13. The third-order valence-corrected chi connectivity index (χ3v) is 5.74. The van der Waals surface area contributed by atoms with Gasteiger partial charge in [-0.2, -0.15) is 0 Å². The molecule has 0 radical (unpaired) electrons. The van der Waals surface area contributed by atoms with E-state index in [1.807, 2.05) is 10.6 Å². The van der Waals surface area contributed by atoms with Crippen LogP contribution in [0.4, 0.5) is 11.4 Å². The average molecular weight is 385 g/mol. The predicted molar refractivity (Wildman–Crippen MR) is 97.7 cm³/mol. The number of sulfonamides is 1. The summed E-state index contributed by atoms with van der Waals surface area (Å²) in [6, 6.07) is 11.6. The molecule has 0 unspecified atom stereocenters. The molecule has 27 heavy (non-hydrogen) atoms. The minimum Gasteiger partial charge on any atom is -0.311 e. The minimum atomic E-state index is -3.87. The van der Waals surface area contributed by atoms with Crippen molar-refractivity contribution in [2.75, 3.05) is 4.72 Å². The summed E-state index contributed by atoms with van der Waals surface area (Å²) in [5.74, 6) is 1.64. The number of hydrogen-bond acceptors (Lipinski definition) is 6. The first kappa shape index (κ1) is 17.2. The van der Waals surface area contributed by atoms with E-state index in [2.05, 4.69) is 14.9 Å². The number of nitro groups is 1. The molecule has 0 bridgehead atoms. The number of hydrogen-bond donors (Lipinski definition) is 1. The molecule has 10 heteroatoms. The molecule has 1 aliphatic heterocycles. The monoisotopic (exact) mass is 385 g/mol. The van der Waals surface area contributed by atoms with Crippen molar-refractivity contribution in [2.24, 2.45) is 0 Å². The van der Waals surface area contributed by atoms with E-state index >= 15 is 0 Å². The van der Waals surface area contributed by atoms with Crippen molar-refractivity contribution >= 4 is 21.4 Å². The van der Waals surface area contributed by atoms with Crippen LogP contribution in [0.1, 0.15) is 12.2 Å². The summed E-state index contributed by atoms with van der Waals surface area (Å²) in [5, 5.41) is 19.1. The Bertz CT molecular complexity index is 1120. The van der Waals surface area contributed by atoms with Crippen LogP contribution in [0.5, 0.6) is 0 Å². The van der Waals surface area contributed by atoms with Crippen LogP contribution in [0.3, 0.4) is 0 Å². The molecular formula is C17H15N5O4S.